The summed E-state index contributed by atoms with van der Waals surface area (Å²) in [6, 6.07) is 5.88. The molecule has 0 aliphatic carbocycles. The zero-order chi connectivity index (χ0) is 13.1. The van der Waals surface area contributed by atoms with Crippen LogP contribution in [0.4, 0.5) is 0 Å². The van der Waals surface area contributed by atoms with E-state index in [1.54, 1.807) is 0 Å². The Hall–Kier alpha value is -1.06. The summed E-state index contributed by atoms with van der Waals surface area (Å²) in [4.78, 5) is 4.73. The smallest absolute Gasteiger partial charge is 0.114 e. The normalized spacial score (nSPS) is 13.1. The highest BCUT2D eigenvalue weighted by atomic mass is 35.5. The van der Waals surface area contributed by atoms with Gasteiger partial charge in [0.25, 0.3) is 0 Å². The van der Waals surface area contributed by atoms with E-state index in [0.29, 0.717) is 12.5 Å². The molecule has 1 heterocycles. The van der Waals surface area contributed by atoms with E-state index in [-0.39, 0.29) is 0 Å². The van der Waals surface area contributed by atoms with Crippen LogP contribution in [0.3, 0.4) is 0 Å². The van der Waals surface area contributed by atoms with Gasteiger partial charge in [0.2, 0.25) is 0 Å². The summed E-state index contributed by atoms with van der Waals surface area (Å²) in [5.41, 5.74) is 8.00. The van der Waals surface area contributed by atoms with Crippen LogP contribution in [0.2, 0.25) is 5.02 Å². The molecule has 1 unspecified atom stereocenters. The number of benzene rings is 1. The Balaban J connectivity index is 2.55. The van der Waals surface area contributed by atoms with E-state index >= 15 is 0 Å². The van der Waals surface area contributed by atoms with Crippen LogP contribution >= 0.6 is 11.6 Å². The van der Waals surface area contributed by atoms with Crippen molar-refractivity contribution in [1.29, 1.82) is 0 Å². The van der Waals surface area contributed by atoms with Gasteiger partial charge >= 0.3 is 0 Å². The highest BCUT2D eigenvalue weighted by Gasteiger charge is 2.17. The molecule has 0 saturated carbocycles. The van der Waals surface area contributed by atoms with Crippen molar-refractivity contribution >= 4 is 22.6 Å². The summed E-state index contributed by atoms with van der Waals surface area (Å²) in [5.74, 6) is 1.43. The third kappa shape index (κ3) is 2.38. The molecule has 98 valence electrons. The molecule has 1 aromatic heterocycles. The summed E-state index contributed by atoms with van der Waals surface area (Å²) in [5, 5.41) is 0.731. The number of fused-ring (bicyclic) bond motifs is 1. The van der Waals surface area contributed by atoms with Gasteiger partial charge in [-0.25, -0.2) is 4.98 Å². The summed E-state index contributed by atoms with van der Waals surface area (Å²) in [6.45, 7) is 5.87. The molecule has 2 N–H and O–H groups in total. The second-order valence-corrected chi connectivity index (χ2v) is 5.01. The molecule has 18 heavy (non-hydrogen) atoms. The van der Waals surface area contributed by atoms with Crippen LogP contribution in [0.1, 0.15) is 38.4 Å². The molecule has 0 aliphatic heterocycles. The molecular formula is C14H20ClN3. The largest absolute Gasteiger partial charge is 0.330 e. The standard InChI is InChI=1S/C14H20ClN3/c1-3-5-10(9-16)14-17-12-8-11(15)6-7-13(12)18(14)4-2/h6-8,10H,3-5,9,16H2,1-2H3. The van der Waals surface area contributed by atoms with E-state index in [2.05, 4.69) is 18.4 Å². The molecule has 0 saturated heterocycles. The molecule has 3 nitrogen and oxygen atoms in total. The van der Waals surface area contributed by atoms with Gasteiger partial charge in [-0.1, -0.05) is 24.9 Å². The van der Waals surface area contributed by atoms with Crippen molar-refractivity contribution in [2.24, 2.45) is 5.73 Å². The monoisotopic (exact) mass is 265 g/mol. The third-order valence-electron chi connectivity index (χ3n) is 3.34. The van der Waals surface area contributed by atoms with Crippen molar-refractivity contribution in [3.8, 4) is 0 Å². The average molecular weight is 266 g/mol. The van der Waals surface area contributed by atoms with E-state index in [1.165, 1.54) is 0 Å². The van der Waals surface area contributed by atoms with Crippen LogP contribution < -0.4 is 5.73 Å². The highest BCUT2D eigenvalue weighted by molar-refractivity contribution is 6.31. The van der Waals surface area contributed by atoms with Gasteiger partial charge in [-0.2, -0.15) is 0 Å². The number of hydrogen-bond donors (Lipinski definition) is 1. The van der Waals surface area contributed by atoms with E-state index in [1.807, 2.05) is 18.2 Å². The maximum Gasteiger partial charge on any atom is 0.114 e. The summed E-state index contributed by atoms with van der Waals surface area (Å²) in [6.07, 6.45) is 2.20. The number of rotatable bonds is 5. The minimum absolute atomic E-state index is 0.334. The van der Waals surface area contributed by atoms with Crippen LogP contribution in [0.5, 0.6) is 0 Å². The van der Waals surface area contributed by atoms with E-state index < -0.39 is 0 Å². The topological polar surface area (TPSA) is 43.8 Å². The van der Waals surface area contributed by atoms with Crippen LogP contribution in [-0.4, -0.2) is 16.1 Å². The van der Waals surface area contributed by atoms with Gasteiger partial charge in [-0.3, -0.25) is 0 Å². The summed E-state index contributed by atoms with van der Waals surface area (Å²) >= 11 is 6.02. The van der Waals surface area contributed by atoms with Crippen molar-refractivity contribution in [2.75, 3.05) is 6.54 Å². The Labute approximate surface area is 113 Å². The molecule has 0 radical (unpaired) electrons. The first-order chi connectivity index (χ1) is 8.71. The Bertz CT molecular complexity index is 533. The third-order valence-corrected chi connectivity index (χ3v) is 3.58. The van der Waals surface area contributed by atoms with Gasteiger partial charge in [0, 0.05) is 24.0 Å². The number of halogens is 1. The minimum Gasteiger partial charge on any atom is -0.330 e. The quantitative estimate of drug-likeness (QED) is 0.898. The molecule has 0 amide bonds. The fraction of sp³-hybridized carbons (Fsp3) is 0.500. The zero-order valence-electron chi connectivity index (χ0n) is 11.0. The molecule has 0 bridgehead atoms. The maximum absolute atomic E-state index is 6.02. The van der Waals surface area contributed by atoms with E-state index in [0.717, 1.165) is 41.3 Å². The predicted octanol–water partition coefficient (Wildman–Crippen LogP) is 3.55. The molecule has 1 aromatic carbocycles. The SMILES string of the molecule is CCCC(CN)c1nc2cc(Cl)ccc2n1CC. The number of aromatic nitrogens is 2. The second kappa shape index (κ2) is 5.72. The van der Waals surface area contributed by atoms with Crippen molar-refractivity contribution in [1.82, 2.24) is 9.55 Å². The zero-order valence-corrected chi connectivity index (χ0v) is 11.7. The van der Waals surface area contributed by atoms with Gasteiger partial charge in [-0.05, 0) is 31.5 Å². The van der Waals surface area contributed by atoms with Crippen LogP contribution in [0, 0.1) is 0 Å². The Morgan fingerprint density at radius 2 is 2.17 bits per heavy atom. The Kier molecular flexibility index (Phi) is 4.25. The number of hydrogen-bond acceptors (Lipinski definition) is 2. The lowest BCUT2D eigenvalue weighted by Gasteiger charge is -2.15. The minimum atomic E-state index is 0.334. The van der Waals surface area contributed by atoms with Gasteiger partial charge in [0.05, 0.1) is 11.0 Å². The molecule has 2 rings (SSSR count). The lowest BCUT2D eigenvalue weighted by atomic mass is 10.0. The first kappa shape index (κ1) is 13.4. The first-order valence-corrected chi connectivity index (χ1v) is 6.94. The van der Waals surface area contributed by atoms with Crippen molar-refractivity contribution in [3.63, 3.8) is 0 Å². The molecule has 0 aliphatic rings. The molecular weight excluding hydrogens is 246 g/mol. The van der Waals surface area contributed by atoms with Crippen molar-refractivity contribution in [2.45, 2.75) is 39.2 Å². The van der Waals surface area contributed by atoms with Crippen molar-refractivity contribution < 1.29 is 0 Å². The molecule has 0 spiro atoms. The average Bonchev–Trinajstić information content (AvgIpc) is 2.73. The molecule has 0 fully saturated rings. The van der Waals surface area contributed by atoms with E-state index in [4.69, 9.17) is 22.3 Å². The van der Waals surface area contributed by atoms with Crippen molar-refractivity contribution in [3.05, 3.63) is 29.0 Å². The fourth-order valence-electron chi connectivity index (χ4n) is 2.47. The lowest BCUT2D eigenvalue weighted by Crippen LogP contribution is -2.17. The highest BCUT2D eigenvalue weighted by Crippen LogP contribution is 2.26. The molecule has 4 heteroatoms. The van der Waals surface area contributed by atoms with Crippen LogP contribution in [0.15, 0.2) is 18.2 Å². The number of nitrogens with two attached hydrogens (primary N) is 1. The van der Waals surface area contributed by atoms with E-state index in [9.17, 15) is 0 Å². The van der Waals surface area contributed by atoms with Crippen LogP contribution in [-0.2, 0) is 6.54 Å². The lowest BCUT2D eigenvalue weighted by molar-refractivity contribution is 0.557. The van der Waals surface area contributed by atoms with Gasteiger partial charge < -0.3 is 10.3 Å². The Morgan fingerprint density at radius 1 is 1.39 bits per heavy atom. The molecule has 2 aromatic rings. The second-order valence-electron chi connectivity index (χ2n) is 4.57. The number of imidazole rings is 1. The molecule has 1 atom stereocenters. The van der Waals surface area contributed by atoms with Gasteiger partial charge in [0.1, 0.15) is 5.82 Å². The maximum atomic E-state index is 6.02. The number of nitrogens with zero attached hydrogens (tertiary/aromatic N) is 2. The Morgan fingerprint density at radius 3 is 2.78 bits per heavy atom. The first-order valence-electron chi connectivity index (χ1n) is 6.57. The number of aryl methyl sites for hydroxylation is 1. The van der Waals surface area contributed by atoms with Gasteiger partial charge in [-0.15, -0.1) is 0 Å². The fourth-order valence-corrected chi connectivity index (χ4v) is 2.63. The predicted molar refractivity (Wildman–Crippen MR) is 77.1 cm³/mol. The summed E-state index contributed by atoms with van der Waals surface area (Å²) < 4.78 is 2.25. The summed E-state index contributed by atoms with van der Waals surface area (Å²) in [7, 11) is 0. The van der Waals surface area contributed by atoms with Crippen LogP contribution in [0.25, 0.3) is 11.0 Å². The van der Waals surface area contributed by atoms with Gasteiger partial charge in [0.15, 0.2) is 0 Å².